The van der Waals surface area contributed by atoms with Gasteiger partial charge >= 0.3 is 0 Å². The Morgan fingerprint density at radius 3 is 2.65 bits per heavy atom. The third kappa shape index (κ3) is 4.02. The quantitative estimate of drug-likeness (QED) is 0.795. The number of hydrogen-bond acceptors (Lipinski definition) is 2. The first-order valence-electron chi connectivity index (χ1n) is 6.83. The summed E-state index contributed by atoms with van der Waals surface area (Å²) in [6, 6.07) is 9.67. The lowest BCUT2D eigenvalue weighted by molar-refractivity contribution is 0.398. The zero-order valence-corrected chi connectivity index (χ0v) is 13.3. The van der Waals surface area contributed by atoms with E-state index in [1.165, 1.54) is 0 Å². The van der Waals surface area contributed by atoms with Crippen LogP contribution in [0, 0.1) is 6.92 Å². The van der Waals surface area contributed by atoms with E-state index in [-0.39, 0.29) is 6.04 Å². The van der Waals surface area contributed by atoms with Gasteiger partial charge in [-0.05, 0) is 62.2 Å². The minimum atomic E-state index is 0.111. The molecule has 1 aromatic heterocycles. The molecule has 0 amide bonds. The fourth-order valence-corrected chi connectivity index (χ4v) is 2.54. The van der Waals surface area contributed by atoms with Crippen molar-refractivity contribution in [1.29, 1.82) is 0 Å². The van der Waals surface area contributed by atoms with Crippen LogP contribution >= 0.6 is 23.2 Å². The van der Waals surface area contributed by atoms with Crippen LogP contribution in [0.2, 0.25) is 10.0 Å². The second kappa shape index (κ2) is 7.16. The Kier molecular flexibility index (Phi) is 5.53. The maximum absolute atomic E-state index is 6.25. The van der Waals surface area contributed by atoms with E-state index in [1.807, 2.05) is 31.2 Å². The summed E-state index contributed by atoms with van der Waals surface area (Å²) >= 11 is 12.3. The SMILES string of the molecule is CCCNC(Cc1cc(Cl)ccc1Cl)c1ccc(C)o1. The van der Waals surface area contributed by atoms with Gasteiger partial charge in [-0.2, -0.15) is 0 Å². The summed E-state index contributed by atoms with van der Waals surface area (Å²) in [4.78, 5) is 0. The molecule has 1 heterocycles. The van der Waals surface area contributed by atoms with Crippen LogP contribution < -0.4 is 5.32 Å². The second-order valence-electron chi connectivity index (χ2n) is 4.89. The molecule has 1 N–H and O–H groups in total. The van der Waals surface area contributed by atoms with Crippen molar-refractivity contribution in [2.24, 2.45) is 0 Å². The van der Waals surface area contributed by atoms with Gasteiger partial charge in [-0.25, -0.2) is 0 Å². The summed E-state index contributed by atoms with van der Waals surface area (Å²) in [7, 11) is 0. The summed E-state index contributed by atoms with van der Waals surface area (Å²) in [5.41, 5.74) is 1.03. The van der Waals surface area contributed by atoms with Gasteiger partial charge in [0.2, 0.25) is 0 Å². The van der Waals surface area contributed by atoms with Gasteiger partial charge in [0, 0.05) is 10.0 Å². The fraction of sp³-hybridized carbons (Fsp3) is 0.375. The van der Waals surface area contributed by atoms with Crippen LogP contribution in [-0.4, -0.2) is 6.54 Å². The highest BCUT2D eigenvalue weighted by Gasteiger charge is 2.16. The first-order valence-corrected chi connectivity index (χ1v) is 7.59. The van der Waals surface area contributed by atoms with Gasteiger partial charge < -0.3 is 9.73 Å². The molecule has 2 aromatic rings. The minimum absolute atomic E-state index is 0.111. The highest BCUT2D eigenvalue weighted by Crippen LogP contribution is 2.27. The Hall–Kier alpha value is -0.960. The number of aryl methyl sites for hydroxylation is 1. The molecule has 1 unspecified atom stereocenters. The molecule has 0 aliphatic heterocycles. The molecule has 0 fully saturated rings. The van der Waals surface area contributed by atoms with E-state index in [0.29, 0.717) is 5.02 Å². The summed E-state index contributed by atoms with van der Waals surface area (Å²) in [5, 5.41) is 4.94. The van der Waals surface area contributed by atoms with Crippen LogP contribution in [0.15, 0.2) is 34.7 Å². The summed E-state index contributed by atoms with van der Waals surface area (Å²) < 4.78 is 5.75. The second-order valence-corrected chi connectivity index (χ2v) is 5.74. The van der Waals surface area contributed by atoms with Crippen LogP contribution in [0.3, 0.4) is 0 Å². The standard InChI is InChI=1S/C16H19Cl2NO/c1-3-8-19-15(16-7-4-11(2)20-16)10-12-9-13(17)5-6-14(12)18/h4-7,9,15,19H,3,8,10H2,1-2H3. The molecule has 108 valence electrons. The first kappa shape index (κ1) is 15.4. The number of benzene rings is 1. The zero-order valence-electron chi connectivity index (χ0n) is 11.7. The van der Waals surface area contributed by atoms with Crippen molar-refractivity contribution >= 4 is 23.2 Å². The van der Waals surface area contributed by atoms with Crippen molar-refractivity contribution < 1.29 is 4.42 Å². The molecule has 0 bridgehead atoms. The van der Waals surface area contributed by atoms with Gasteiger partial charge in [-0.15, -0.1) is 0 Å². The number of hydrogen-bond donors (Lipinski definition) is 1. The van der Waals surface area contributed by atoms with Crippen molar-refractivity contribution in [1.82, 2.24) is 5.32 Å². The minimum Gasteiger partial charge on any atom is -0.465 e. The summed E-state index contributed by atoms with van der Waals surface area (Å²) in [5.74, 6) is 1.85. The van der Waals surface area contributed by atoms with Gasteiger partial charge in [0.1, 0.15) is 11.5 Å². The van der Waals surface area contributed by atoms with Gasteiger partial charge in [-0.3, -0.25) is 0 Å². The number of halogens is 2. The van der Waals surface area contributed by atoms with Gasteiger partial charge in [-0.1, -0.05) is 30.1 Å². The Morgan fingerprint density at radius 2 is 2.00 bits per heavy atom. The largest absolute Gasteiger partial charge is 0.465 e. The maximum Gasteiger partial charge on any atom is 0.121 e. The van der Waals surface area contributed by atoms with E-state index >= 15 is 0 Å². The van der Waals surface area contributed by atoms with Crippen molar-refractivity contribution in [3.8, 4) is 0 Å². The highest BCUT2D eigenvalue weighted by atomic mass is 35.5. The maximum atomic E-state index is 6.25. The molecular formula is C16H19Cl2NO. The predicted molar refractivity (Wildman–Crippen MR) is 84.6 cm³/mol. The van der Waals surface area contributed by atoms with Crippen molar-refractivity contribution in [3.05, 3.63) is 57.5 Å². The van der Waals surface area contributed by atoms with Crippen molar-refractivity contribution in [3.63, 3.8) is 0 Å². The fourth-order valence-electron chi connectivity index (χ4n) is 2.15. The van der Waals surface area contributed by atoms with Crippen LogP contribution in [0.25, 0.3) is 0 Å². The predicted octanol–water partition coefficient (Wildman–Crippen LogP) is 5.18. The van der Waals surface area contributed by atoms with E-state index in [0.717, 1.165) is 41.5 Å². The van der Waals surface area contributed by atoms with Gasteiger partial charge in [0.15, 0.2) is 0 Å². The normalized spacial score (nSPS) is 12.6. The van der Waals surface area contributed by atoms with E-state index in [1.54, 1.807) is 6.07 Å². The van der Waals surface area contributed by atoms with Crippen LogP contribution in [-0.2, 0) is 6.42 Å². The molecular weight excluding hydrogens is 293 g/mol. The average Bonchev–Trinajstić information content (AvgIpc) is 2.85. The van der Waals surface area contributed by atoms with E-state index in [2.05, 4.69) is 12.2 Å². The van der Waals surface area contributed by atoms with Gasteiger partial charge in [0.05, 0.1) is 6.04 Å². The lowest BCUT2D eigenvalue weighted by Crippen LogP contribution is -2.23. The molecule has 20 heavy (non-hydrogen) atoms. The number of nitrogens with one attached hydrogen (secondary N) is 1. The third-order valence-corrected chi connectivity index (χ3v) is 3.78. The molecule has 0 spiro atoms. The van der Waals surface area contributed by atoms with E-state index in [4.69, 9.17) is 27.6 Å². The molecule has 2 nitrogen and oxygen atoms in total. The molecule has 0 aliphatic rings. The molecule has 0 saturated carbocycles. The molecule has 0 saturated heterocycles. The number of rotatable bonds is 6. The monoisotopic (exact) mass is 311 g/mol. The van der Waals surface area contributed by atoms with Crippen LogP contribution in [0.1, 0.15) is 36.5 Å². The number of furan rings is 1. The highest BCUT2D eigenvalue weighted by molar-refractivity contribution is 6.33. The van der Waals surface area contributed by atoms with E-state index < -0.39 is 0 Å². The summed E-state index contributed by atoms with van der Waals surface area (Å²) in [6.07, 6.45) is 1.83. The third-order valence-electron chi connectivity index (χ3n) is 3.18. The topological polar surface area (TPSA) is 25.2 Å². The lowest BCUT2D eigenvalue weighted by Gasteiger charge is -2.17. The molecule has 1 atom stereocenters. The first-order chi connectivity index (χ1) is 9.60. The van der Waals surface area contributed by atoms with Crippen LogP contribution in [0.4, 0.5) is 0 Å². The Labute approximate surface area is 130 Å². The molecule has 1 aromatic carbocycles. The molecule has 2 rings (SSSR count). The van der Waals surface area contributed by atoms with Crippen LogP contribution in [0.5, 0.6) is 0 Å². The molecule has 0 aliphatic carbocycles. The molecule has 4 heteroatoms. The Balaban J connectivity index is 2.21. The lowest BCUT2D eigenvalue weighted by atomic mass is 10.0. The Morgan fingerprint density at radius 1 is 1.20 bits per heavy atom. The van der Waals surface area contributed by atoms with E-state index in [9.17, 15) is 0 Å². The smallest absolute Gasteiger partial charge is 0.121 e. The molecule has 0 radical (unpaired) electrons. The average molecular weight is 312 g/mol. The van der Waals surface area contributed by atoms with Crippen molar-refractivity contribution in [2.45, 2.75) is 32.7 Å². The van der Waals surface area contributed by atoms with Gasteiger partial charge in [0.25, 0.3) is 0 Å². The summed E-state index contributed by atoms with van der Waals surface area (Å²) in [6.45, 7) is 5.03. The zero-order chi connectivity index (χ0) is 14.5. The Bertz CT molecular complexity index is 565. The van der Waals surface area contributed by atoms with Crippen molar-refractivity contribution in [2.75, 3.05) is 6.54 Å².